The molecule has 6 heteroatoms. The van der Waals surface area contributed by atoms with Crippen LogP contribution in [0.3, 0.4) is 0 Å². The number of ether oxygens (including phenoxy) is 1. The zero-order valence-corrected chi connectivity index (χ0v) is 14.6. The van der Waals surface area contributed by atoms with Crippen LogP contribution in [0.1, 0.15) is 19.4 Å². The van der Waals surface area contributed by atoms with E-state index in [1.165, 1.54) is 17.3 Å². The lowest BCUT2D eigenvalue weighted by molar-refractivity contribution is -0.120. The molecule has 2 rings (SSSR count). The van der Waals surface area contributed by atoms with Gasteiger partial charge in [0.15, 0.2) is 5.16 Å². The molecule has 0 radical (unpaired) electrons. The molecule has 5 nitrogen and oxygen atoms in total. The number of aromatic nitrogens is 2. The second-order valence-electron chi connectivity index (χ2n) is 5.15. The average molecular weight is 333 g/mol. The Morgan fingerprint density at radius 1 is 1.39 bits per heavy atom. The number of hydrogen-bond donors (Lipinski definition) is 1. The maximum atomic E-state index is 12.2. The van der Waals surface area contributed by atoms with Crippen molar-refractivity contribution in [1.82, 2.24) is 14.9 Å². The van der Waals surface area contributed by atoms with Crippen LogP contribution in [0.15, 0.2) is 41.8 Å². The Morgan fingerprint density at radius 3 is 2.78 bits per heavy atom. The highest BCUT2D eigenvalue weighted by atomic mass is 32.2. The Bertz CT molecular complexity index is 625. The minimum atomic E-state index is -0.168. The highest BCUT2D eigenvalue weighted by Crippen LogP contribution is 2.21. The number of benzene rings is 1. The fourth-order valence-electron chi connectivity index (χ4n) is 2.13. The van der Waals surface area contributed by atoms with E-state index in [1.807, 2.05) is 42.0 Å². The molecule has 0 unspecified atom stereocenters. The zero-order valence-electron chi connectivity index (χ0n) is 13.8. The highest BCUT2D eigenvalue weighted by Gasteiger charge is 2.16. The summed E-state index contributed by atoms with van der Waals surface area (Å²) in [5.74, 6) is 0.878. The van der Waals surface area contributed by atoms with Gasteiger partial charge in [-0.1, -0.05) is 23.9 Å². The average Bonchev–Trinajstić information content (AvgIpc) is 3.02. The first kappa shape index (κ1) is 17.4. The Morgan fingerprint density at radius 2 is 2.13 bits per heavy atom. The van der Waals surface area contributed by atoms with E-state index in [1.54, 1.807) is 13.3 Å². The van der Waals surface area contributed by atoms with Gasteiger partial charge in [0.05, 0.1) is 12.4 Å². The lowest BCUT2D eigenvalue weighted by Crippen LogP contribution is -2.32. The number of methoxy groups -OCH3 is 1. The van der Waals surface area contributed by atoms with Crippen molar-refractivity contribution in [3.63, 3.8) is 0 Å². The van der Waals surface area contributed by atoms with Crippen LogP contribution in [-0.2, 0) is 17.8 Å². The molecule has 1 aromatic carbocycles. The molecule has 0 aliphatic heterocycles. The number of thioether (sulfide) groups is 1. The summed E-state index contributed by atoms with van der Waals surface area (Å²) in [6.45, 7) is 5.44. The molecule has 0 aliphatic rings. The molecule has 2 aromatic rings. The van der Waals surface area contributed by atoms with Crippen LogP contribution in [0.2, 0.25) is 0 Å². The lowest BCUT2D eigenvalue weighted by Gasteiger charge is -2.12. The molecule has 0 fully saturated rings. The summed E-state index contributed by atoms with van der Waals surface area (Å²) < 4.78 is 7.17. The normalized spacial score (nSPS) is 12.0. The number of nitrogens with one attached hydrogen (secondary N) is 1. The van der Waals surface area contributed by atoms with Crippen LogP contribution in [-0.4, -0.2) is 34.4 Å². The third-order valence-corrected chi connectivity index (χ3v) is 4.66. The number of amides is 1. The monoisotopic (exact) mass is 333 g/mol. The number of hydrogen-bond acceptors (Lipinski definition) is 4. The van der Waals surface area contributed by atoms with E-state index >= 15 is 0 Å². The van der Waals surface area contributed by atoms with Crippen LogP contribution in [0.25, 0.3) is 0 Å². The second kappa shape index (κ2) is 8.62. The molecule has 1 heterocycles. The summed E-state index contributed by atoms with van der Waals surface area (Å²) in [6, 6.07) is 7.89. The SMILES string of the molecule is CCn1ccnc1S[C@@H](C)C(=O)NCCc1ccc(OC)cc1. The Kier molecular flexibility index (Phi) is 6.52. The minimum Gasteiger partial charge on any atom is -0.497 e. The first-order chi connectivity index (χ1) is 11.1. The van der Waals surface area contributed by atoms with Crippen molar-refractivity contribution in [2.75, 3.05) is 13.7 Å². The van der Waals surface area contributed by atoms with E-state index in [2.05, 4.69) is 17.2 Å². The van der Waals surface area contributed by atoms with E-state index in [9.17, 15) is 4.79 Å². The summed E-state index contributed by atoms with van der Waals surface area (Å²) in [6.07, 6.45) is 4.49. The standard InChI is InChI=1S/C17H23N3O2S/c1-4-20-12-11-19-17(20)23-13(2)16(21)18-10-9-14-5-7-15(22-3)8-6-14/h5-8,11-13H,4,9-10H2,1-3H3,(H,18,21)/t13-/m0/s1. The van der Waals surface area contributed by atoms with Gasteiger partial charge < -0.3 is 14.6 Å². The maximum absolute atomic E-state index is 12.2. The molecule has 0 saturated carbocycles. The van der Waals surface area contributed by atoms with Crippen molar-refractivity contribution < 1.29 is 9.53 Å². The number of carbonyl (C=O) groups is 1. The van der Waals surface area contributed by atoms with Gasteiger partial charge in [0.25, 0.3) is 0 Å². The Hall–Kier alpha value is -1.95. The summed E-state index contributed by atoms with van der Waals surface area (Å²) in [5.41, 5.74) is 1.17. The number of imidazole rings is 1. The number of aryl methyl sites for hydroxylation is 1. The van der Waals surface area contributed by atoms with Crippen LogP contribution in [0.4, 0.5) is 0 Å². The maximum Gasteiger partial charge on any atom is 0.233 e. The van der Waals surface area contributed by atoms with Crippen molar-refractivity contribution in [1.29, 1.82) is 0 Å². The summed E-state index contributed by atoms with van der Waals surface area (Å²) in [7, 11) is 1.65. The van der Waals surface area contributed by atoms with Gasteiger partial charge in [-0.2, -0.15) is 0 Å². The number of carbonyl (C=O) groups excluding carboxylic acids is 1. The molecule has 23 heavy (non-hydrogen) atoms. The fraction of sp³-hybridized carbons (Fsp3) is 0.412. The van der Waals surface area contributed by atoms with Crippen LogP contribution in [0, 0.1) is 0 Å². The molecule has 0 saturated heterocycles. The van der Waals surface area contributed by atoms with Crippen LogP contribution >= 0.6 is 11.8 Å². The van der Waals surface area contributed by atoms with Gasteiger partial charge in [-0.25, -0.2) is 4.98 Å². The topological polar surface area (TPSA) is 56.2 Å². The largest absolute Gasteiger partial charge is 0.497 e. The fourth-order valence-corrected chi connectivity index (χ4v) is 3.09. The van der Waals surface area contributed by atoms with Crippen molar-refractivity contribution in [3.8, 4) is 5.75 Å². The molecular formula is C17H23N3O2S. The predicted octanol–water partition coefficient (Wildman–Crippen LogP) is 2.75. The summed E-state index contributed by atoms with van der Waals surface area (Å²) >= 11 is 1.48. The molecule has 1 atom stereocenters. The van der Waals surface area contributed by atoms with Gasteiger partial charge in [0.2, 0.25) is 5.91 Å². The van der Waals surface area contributed by atoms with Gasteiger partial charge in [0.1, 0.15) is 5.75 Å². The van der Waals surface area contributed by atoms with E-state index < -0.39 is 0 Å². The summed E-state index contributed by atoms with van der Waals surface area (Å²) in [5, 5.41) is 3.69. The Labute approximate surface area is 141 Å². The number of rotatable bonds is 8. The van der Waals surface area contributed by atoms with Gasteiger partial charge in [-0.15, -0.1) is 0 Å². The third-order valence-electron chi connectivity index (χ3n) is 3.54. The van der Waals surface area contributed by atoms with E-state index in [0.29, 0.717) is 6.54 Å². The smallest absolute Gasteiger partial charge is 0.233 e. The summed E-state index contributed by atoms with van der Waals surface area (Å²) in [4.78, 5) is 16.5. The van der Waals surface area contributed by atoms with Crippen molar-refractivity contribution in [3.05, 3.63) is 42.2 Å². The molecular weight excluding hydrogens is 310 g/mol. The van der Waals surface area contributed by atoms with Crippen molar-refractivity contribution in [2.45, 2.75) is 37.2 Å². The molecule has 124 valence electrons. The first-order valence-electron chi connectivity index (χ1n) is 7.72. The first-order valence-corrected chi connectivity index (χ1v) is 8.60. The molecule has 1 aromatic heterocycles. The van der Waals surface area contributed by atoms with E-state index in [-0.39, 0.29) is 11.2 Å². The predicted molar refractivity (Wildman–Crippen MR) is 92.9 cm³/mol. The van der Waals surface area contributed by atoms with E-state index in [4.69, 9.17) is 4.74 Å². The lowest BCUT2D eigenvalue weighted by atomic mass is 10.1. The van der Waals surface area contributed by atoms with Crippen LogP contribution < -0.4 is 10.1 Å². The molecule has 1 amide bonds. The minimum absolute atomic E-state index is 0.0363. The van der Waals surface area contributed by atoms with Crippen molar-refractivity contribution in [2.24, 2.45) is 0 Å². The molecule has 0 bridgehead atoms. The zero-order chi connectivity index (χ0) is 16.7. The van der Waals surface area contributed by atoms with Gasteiger partial charge in [0, 0.05) is 25.5 Å². The van der Waals surface area contributed by atoms with Gasteiger partial charge in [-0.3, -0.25) is 4.79 Å². The third kappa shape index (κ3) is 5.03. The highest BCUT2D eigenvalue weighted by molar-refractivity contribution is 8.00. The van der Waals surface area contributed by atoms with Gasteiger partial charge in [-0.05, 0) is 38.0 Å². The molecule has 1 N–H and O–H groups in total. The van der Waals surface area contributed by atoms with E-state index in [0.717, 1.165) is 23.9 Å². The molecule has 0 spiro atoms. The van der Waals surface area contributed by atoms with Crippen molar-refractivity contribution >= 4 is 17.7 Å². The Balaban J connectivity index is 1.77. The number of nitrogens with zero attached hydrogens (tertiary/aromatic N) is 2. The second-order valence-corrected chi connectivity index (χ2v) is 6.45. The molecule has 0 aliphatic carbocycles. The van der Waals surface area contributed by atoms with Crippen LogP contribution in [0.5, 0.6) is 5.75 Å². The quantitative estimate of drug-likeness (QED) is 0.755. The van der Waals surface area contributed by atoms with Gasteiger partial charge >= 0.3 is 0 Å².